The average Bonchev–Trinajstić information content (AvgIpc) is 2.83. The molecule has 0 spiro atoms. The monoisotopic (exact) mass is 438 g/mol. The number of hydrogen-bond donors (Lipinski definition) is 0. The second kappa shape index (κ2) is 8.49. The van der Waals surface area contributed by atoms with Crippen LogP contribution in [0.2, 0.25) is 0 Å². The Kier molecular flexibility index (Phi) is 5.75. The number of ether oxygens (including phenoxy) is 1. The number of sulfonamides is 1. The van der Waals surface area contributed by atoms with Gasteiger partial charge in [-0.2, -0.15) is 4.31 Å². The van der Waals surface area contributed by atoms with Gasteiger partial charge in [-0.1, -0.05) is 30.3 Å². The Morgan fingerprint density at radius 1 is 0.806 bits per heavy atom. The summed E-state index contributed by atoms with van der Waals surface area (Å²) in [7, 11) is -2.34. The number of methoxy groups -OCH3 is 1. The molecule has 0 atom stereocenters. The summed E-state index contributed by atoms with van der Waals surface area (Å²) in [5.41, 5.74) is 0.809. The van der Waals surface area contributed by atoms with Crippen LogP contribution in [0.4, 0.5) is 0 Å². The van der Waals surface area contributed by atoms with Crippen molar-refractivity contribution < 1.29 is 22.7 Å². The van der Waals surface area contributed by atoms with Crippen LogP contribution < -0.4 is 0 Å². The molecule has 0 radical (unpaired) electrons. The van der Waals surface area contributed by atoms with Gasteiger partial charge in [-0.25, -0.2) is 13.2 Å². The van der Waals surface area contributed by atoms with Gasteiger partial charge in [0.05, 0.1) is 17.6 Å². The highest BCUT2D eigenvalue weighted by Gasteiger charge is 2.30. The Morgan fingerprint density at radius 2 is 1.42 bits per heavy atom. The van der Waals surface area contributed by atoms with E-state index in [4.69, 9.17) is 0 Å². The number of carbonyl (C=O) groups excluding carboxylic acids is 2. The second-order valence-electron chi connectivity index (χ2n) is 7.27. The van der Waals surface area contributed by atoms with Crippen LogP contribution in [0, 0.1) is 0 Å². The lowest BCUT2D eigenvalue weighted by Gasteiger charge is -2.34. The van der Waals surface area contributed by atoms with Crippen molar-refractivity contribution in [2.75, 3.05) is 33.3 Å². The second-order valence-corrected chi connectivity index (χ2v) is 9.21. The van der Waals surface area contributed by atoms with Crippen molar-refractivity contribution in [1.82, 2.24) is 9.21 Å². The van der Waals surface area contributed by atoms with Crippen LogP contribution in [0.3, 0.4) is 0 Å². The number of nitrogens with zero attached hydrogens (tertiary/aromatic N) is 2. The molecule has 3 aromatic rings. The summed E-state index contributed by atoms with van der Waals surface area (Å²) in [6.07, 6.45) is 0. The van der Waals surface area contributed by atoms with Crippen molar-refractivity contribution >= 4 is 32.7 Å². The van der Waals surface area contributed by atoms with Gasteiger partial charge in [0.2, 0.25) is 10.0 Å². The number of esters is 1. The summed E-state index contributed by atoms with van der Waals surface area (Å²) < 4.78 is 32.2. The van der Waals surface area contributed by atoms with Gasteiger partial charge in [0.15, 0.2) is 0 Å². The molecule has 0 bridgehead atoms. The van der Waals surface area contributed by atoms with Crippen LogP contribution in [0.25, 0.3) is 10.8 Å². The Hall–Kier alpha value is -3.23. The quantitative estimate of drug-likeness (QED) is 0.585. The molecule has 1 fully saturated rings. The molecule has 8 heteroatoms. The summed E-state index contributed by atoms with van der Waals surface area (Å²) in [6.45, 7) is 1.04. The topological polar surface area (TPSA) is 84.0 Å². The number of piperazine rings is 1. The molecule has 0 saturated carbocycles. The van der Waals surface area contributed by atoms with Crippen molar-refractivity contribution in [3.63, 3.8) is 0 Å². The molecule has 7 nitrogen and oxygen atoms in total. The maximum atomic E-state index is 13.1. The SMILES string of the molecule is COC(=O)c1ccc(C(=O)N2CCN(S(=O)(=O)c3ccc4ccccc4c3)CC2)cc1. The minimum Gasteiger partial charge on any atom is -0.465 e. The molecule has 160 valence electrons. The van der Waals surface area contributed by atoms with E-state index in [0.29, 0.717) is 24.2 Å². The van der Waals surface area contributed by atoms with E-state index in [-0.39, 0.29) is 23.9 Å². The fourth-order valence-corrected chi connectivity index (χ4v) is 5.12. The number of fused-ring (bicyclic) bond motifs is 1. The third-order valence-corrected chi connectivity index (χ3v) is 7.33. The van der Waals surface area contributed by atoms with Crippen molar-refractivity contribution in [3.05, 3.63) is 77.9 Å². The molecule has 31 heavy (non-hydrogen) atoms. The van der Waals surface area contributed by atoms with E-state index >= 15 is 0 Å². The van der Waals surface area contributed by atoms with Gasteiger partial charge < -0.3 is 9.64 Å². The van der Waals surface area contributed by atoms with E-state index in [2.05, 4.69) is 4.74 Å². The highest BCUT2D eigenvalue weighted by Crippen LogP contribution is 2.23. The Bertz CT molecular complexity index is 1230. The molecule has 1 heterocycles. The number of hydrogen-bond acceptors (Lipinski definition) is 5. The van der Waals surface area contributed by atoms with E-state index in [1.165, 1.54) is 11.4 Å². The zero-order valence-corrected chi connectivity index (χ0v) is 17.8. The van der Waals surface area contributed by atoms with Gasteiger partial charge in [-0.05, 0) is 47.2 Å². The first kappa shape index (κ1) is 21.0. The first-order valence-corrected chi connectivity index (χ1v) is 11.3. The molecular formula is C23H22N2O5S. The third-order valence-electron chi connectivity index (χ3n) is 5.44. The van der Waals surface area contributed by atoms with Crippen LogP contribution in [0.15, 0.2) is 71.6 Å². The molecule has 0 aromatic heterocycles. The first-order chi connectivity index (χ1) is 14.9. The Morgan fingerprint density at radius 3 is 2.06 bits per heavy atom. The standard InChI is InChI=1S/C23H22N2O5S/c1-30-23(27)19-8-6-18(7-9-19)22(26)24-12-14-25(15-13-24)31(28,29)21-11-10-17-4-2-3-5-20(17)16-21/h2-11,16H,12-15H2,1H3. The van der Waals surface area contributed by atoms with Crippen molar-refractivity contribution in [1.29, 1.82) is 0 Å². The molecule has 0 unspecified atom stereocenters. The highest BCUT2D eigenvalue weighted by molar-refractivity contribution is 7.89. The van der Waals surface area contributed by atoms with E-state index in [9.17, 15) is 18.0 Å². The predicted molar refractivity (Wildman–Crippen MR) is 116 cm³/mol. The molecule has 1 aliphatic heterocycles. The predicted octanol–water partition coefficient (Wildman–Crippen LogP) is 2.77. The number of benzene rings is 3. The van der Waals surface area contributed by atoms with Gasteiger partial charge in [-0.15, -0.1) is 0 Å². The molecule has 1 aliphatic rings. The molecule has 0 N–H and O–H groups in total. The fourth-order valence-electron chi connectivity index (χ4n) is 3.66. The minimum atomic E-state index is -3.64. The lowest BCUT2D eigenvalue weighted by atomic mass is 10.1. The molecular weight excluding hydrogens is 416 g/mol. The number of rotatable bonds is 4. The maximum Gasteiger partial charge on any atom is 0.337 e. The molecule has 0 aliphatic carbocycles. The summed E-state index contributed by atoms with van der Waals surface area (Å²) in [4.78, 5) is 26.2. The van der Waals surface area contributed by atoms with Gasteiger partial charge >= 0.3 is 5.97 Å². The molecule has 1 amide bonds. The lowest BCUT2D eigenvalue weighted by Crippen LogP contribution is -2.50. The van der Waals surface area contributed by atoms with Crippen LogP contribution in [-0.4, -0.2) is 62.8 Å². The zero-order chi connectivity index (χ0) is 22.0. The number of amides is 1. The number of carbonyl (C=O) groups is 2. The van der Waals surface area contributed by atoms with E-state index in [1.54, 1.807) is 47.4 Å². The average molecular weight is 439 g/mol. The van der Waals surface area contributed by atoms with E-state index in [1.807, 2.05) is 24.3 Å². The van der Waals surface area contributed by atoms with E-state index < -0.39 is 16.0 Å². The van der Waals surface area contributed by atoms with Crippen LogP contribution >= 0.6 is 0 Å². The Labute approximate surface area is 180 Å². The fraction of sp³-hybridized carbons (Fsp3) is 0.217. The zero-order valence-electron chi connectivity index (χ0n) is 17.0. The molecule has 1 saturated heterocycles. The Balaban J connectivity index is 1.44. The smallest absolute Gasteiger partial charge is 0.337 e. The molecule has 4 rings (SSSR count). The molecule has 3 aromatic carbocycles. The minimum absolute atomic E-state index is 0.195. The largest absolute Gasteiger partial charge is 0.465 e. The van der Waals surface area contributed by atoms with Gasteiger partial charge in [0, 0.05) is 31.7 Å². The van der Waals surface area contributed by atoms with E-state index in [0.717, 1.165) is 10.8 Å². The van der Waals surface area contributed by atoms with Crippen LogP contribution in [0.1, 0.15) is 20.7 Å². The van der Waals surface area contributed by atoms with Crippen LogP contribution in [0.5, 0.6) is 0 Å². The maximum absolute atomic E-state index is 13.1. The summed E-state index contributed by atoms with van der Waals surface area (Å²) in [5.74, 6) is -0.661. The summed E-state index contributed by atoms with van der Waals surface area (Å²) in [5, 5.41) is 1.85. The van der Waals surface area contributed by atoms with Crippen LogP contribution in [-0.2, 0) is 14.8 Å². The third kappa shape index (κ3) is 4.17. The van der Waals surface area contributed by atoms with Crippen molar-refractivity contribution in [2.24, 2.45) is 0 Å². The lowest BCUT2D eigenvalue weighted by molar-refractivity contribution is 0.0599. The highest BCUT2D eigenvalue weighted by atomic mass is 32.2. The first-order valence-electron chi connectivity index (χ1n) is 9.87. The normalized spacial score (nSPS) is 15.1. The van der Waals surface area contributed by atoms with Gasteiger partial charge in [0.25, 0.3) is 5.91 Å². The van der Waals surface area contributed by atoms with Crippen molar-refractivity contribution in [2.45, 2.75) is 4.90 Å². The van der Waals surface area contributed by atoms with Gasteiger partial charge in [-0.3, -0.25) is 4.79 Å². The van der Waals surface area contributed by atoms with Gasteiger partial charge in [0.1, 0.15) is 0 Å². The van der Waals surface area contributed by atoms with Crippen molar-refractivity contribution in [3.8, 4) is 0 Å². The summed E-state index contributed by atoms with van der Waals surface area (Å²) >= 11 is 0. The summed E-state index contributed by atoms with van der Waals surface area (Å²) in [6, 6.07) is 19.0.